The average Bonchev–Trinajstić information content (AvgIpc) is 2.30. The van der Waals surface area contributed by atoms with E-state index in [2.05, 4.69) is 14.9 Å². The number of carboxylic acids is 1. The van der Waals surface area contributed by atoms with E-state index in [4.69, 9.17) is 5.11 Å². The van der Waals surface area contributed by atoms with Crippen LogP contribution in [0.2, 0.25) is 0 Å². The van der Waals surface area contributed by atoms with Gasteiger partial charge in [0.25, 0.3) is 0 Å². The number of carbonyl (C=O) groups is 1. The molecule has 86 valence electrons. The van der Waals surface area contributed by atoms with Gasteiger partial charge in [0.05, 0.1) is 6.54 Å². The lowest BCUT2D eigenvalue weighted by atomic mass is 10.1. The second-order valence-corrected chi connectivity index (χ2v) is 4.00. The molecular weight excluding hydrogens is 206 g/mol. The van der Waals surface area contributed by atoms with E-state index in [1.54, 1.807) is 0 Å². The first-order valence-electron chi connectivity index (χ1n) is 5.53. The molecule has 0 atom stereocenters. The summed E-state index contributed by atoms with van der Waals surface area (Å²) in [5.41, 5.74) is 0.0713. The normalized spacial score (nSPS) is 17.2. The van der Waals surface area contributed by atoms with E-state index in [1.807, 2.05) is 0 Å². The Labute approximate surface area is 94.1 Å². The highest BCUT2D eigenvalue weighted by molar-refractivity contribution is 5.85. The molecule has 0 unspecified atom stereocenters. The molecule has 1 aromatic rings. The lowest BCUT2D eigenvalue weighted by Crippen LogP contribution is -2.30. The van der Waals surface area contributed by atoms with Gasteiger partial charge in [-0.2, -0.15) is 0 Å². The van der Waals surface area contributed by atoms with Crippen molar-refractivity contribution in [3.05, 3.63) is 23.8 Å². The Balaban J connectivity index is 2.02. The number of hydrogen-bond donors (Lipinski definition) is 1. The van der Waals surface area contributed by atoms with Crippen molar-refractivity contribution in [2.75, 3.05) is 13.1 Å². The summed E-state index contributed by atoms with van der Waals surface area (Å²) >= 11 is 0. The first-order valence-corrected chi connectivity index (χ1v) is 5.53. The van der Waals surface area contributed by atoms with E-state index < -0.39 is 5.97 Å². The number of piperidine rings is 1. The van der Waals surface area contributed by atoms with Crippen molar-refractivity contribution in [2.24, 2.45) is 0 Å². The van der Waals surface area contributed by atoms with Gasteiger partial charge in [0.15, 0.2) is 5.69 Å². The molecule has 1 N–H and O–H groups in total. The highest BCUT2D eigenvalue weighted by Gasteiger charge is 2.13. The van der Waals surface area contributed by atoms with E-state index in [1.165, 1.54) is 31.5 Å². The number of carboxylic acid groups (broad SMARTS) is 1. The molecule has 0 aliphatic carbocycles. The molecule has 2 heterocycles. The van der Waals surface area contributed by atoms with Crippen LogP contribution in [0.15, 0.2) is 12.3 Å². The number of nitrogens with zero attached hydrogens (tertiary/aromatic N) is 3. The van der Waals surface area contributed by atoms with Crippen molar-refractivity contribution < 1.29 is 9.90 Å². The van der Waals surface area contributed by atoms with Gasteiger partial charge in [-0.3, -0.25) is 4.90 Å². The fraction of sp³-hybridized carbons (Fsp3) is 0.545. The first kappa shape index (κ1) is 11.0. The molecule has 0 spiro atoms. The van der Waals surface area contributed by atoms with Crippen molar-refractivity contribution in [1.82, 2.24) is 14.9 Å². The Morgan fingerprint density at radius 2 is 2.12 bits per heavy atom. The van der Waals surface area contributed by atoms with Crippen LogP contribution in [0.3, 0.4) is 0 Å². The van der Waals surface area contributed by atoms with Gasteiger partial charge >= 0.3 is 5.97 Å². The van der Waals surface area contributed by atoms with Crippen LogP contribution >= 0.6 is 0 Å². The summed E-state index contributed by atoms with van der Waals surface area (Å²) in [6.45, 7) is 2.77. The number of rotatable bonds is 3. The van der Waals surface area contributed by atoms with Gasteiger partial charge in [0, 0.05) is 6.20 Å². The van der Waals surface area contributed by atoms with Crippen molar-refractivity contribution in [3.63, 3.8) is 0 Å². The summed E-state index contributed by atoms with van der Waals surface area (Å²) < 4.78 is 0. The summed E-state index contributed by atoms with van der Waals surface area (Å²) in [6, 6.07) is 1.42. The zero-order valence-electron chi connectivity index (χ0n) is 9.09. The highest BCUT2D eigenvalue weighted by Crippen LogP contribution is 2.10. The minimum atomic E-state index is -0.998. The molecule has 1 aliphatic rings. The largest absolute Gasteiger partial charge is 0.477 e. The molecule has 0 amide bonds. The van der Waals surface area contributed by atoms with E-state index >= 15 is 0 Å². The van der Waals surface area contributed by atoms with E-state index in [-0.39, 0.29) is 5.69 Å². The summed E-state index contributed by atoms with van der Waals surface area (Å²) in [5.74, 6) is -0.399. The molecule has 0 bridgehead atoms. The lowest BCUT2D eigenvalue weighted by Gasteiger charge is -2.25. The lowest BCUT2D eigenvalue weighted by molar-refractivity contribution is 0.0689. The molecule has 2 rings (SSSR count). The standard InChI is InChI=1S/C11H15N3O2/c15-11(16)9-4-5-12-10(13-9)8-14-6-2-1-3-7-14/h4-5H,1-3,6-8H2,(H,15,16). The third-order valence-electron chi connectivity index (χ3n) is 2.74. The fourth-order valence-electron chi connectivity index (χ4n) is 1.91. The second-order valence-electron chi connectivity index (χ2n) is 4.00. The van der Waals surface area contributed by atoms with Gasteiger partial charge in [-0.05, 0) is 32.0 Å². The van der Waals surface area contributed by atoms with Gasteiger partial charge in [0.1, 0.15) is 5.82 Å². The minimum absolute atomic E-state index is 0.0713. The van der Waals surface area contributed by atoms with Crippen LogP contribution in [0, 0.1) is 0 Å². The Kier molecular flexibility index (Phi) is 3.46. The van der Waals surface area contributed by atoms with Crippen LogP contribution in [0.1, 0.15) is 35.6 Å². The molecule has 1 saturated heterocycles. The van der Waals surface area contributed by atoms with Gasteiger partial charge < -0.3 is 5.11 Å². The Bertz CT molecular complexity index is 375. The molecule has 5 heteroatoms. The first-order chi connectivity index (χ1) is 7.75. The maximum Gasteiger partial charge on any atom is 0.354 e. The van der Waals surface area contributed by atoms with Crippen LogP contribution < -0.4 is 0 Å². The average molecular weight is 221 g/mol. The van der Waals surface area contributed by atoms with Gasteiger partial charge in [-0.25, -0.2) is 14.8 Å². The monoisotopic (exact) mass is 221 g/mol. The Hall–Kier alpha value is -1.49. The quantitative estimate of drug-likeness (QED) is 0.829. The summed E-state index contributed by atoms with van der Waals surface area (Å²) in [7, 11) is 0. The molecular formula is C11H15N3O2. The van der Waals surface area contributed by atoms with Gasteiger partial charge in [0.2, 0.25) is 0 Å². The van der Waals surface area contributed by atoms with Crippen molar-refractivity contribution in [1.29, 1.82) is 0 Å². The van der Waals surface area contributed by atoms with E-state index in [0.29, 0.717) is 12.4 Å². The third-order valence-corrected chi connectivity index (χ3v) is 2.74. The summed E-state index contributed by atoms with van der Waals surface area (Å²) in [4.78, 5) is 21.1. The van der Waals surface area contributed by atoms with Gasteiger partial charge in [-0.1, -0.05) is 6.42 Å². The molecule has 1 aromatic heterocycles. The molecule has 0 aromatic carbocycles. The van der Waals surface area contributed by atoms with E-state index in [9.17, 15) is 4.79 Å². The molecule has 0 saturated carbocycles. The highest BCUT2D eigenvalue weighted by atomic mass is 16.4. The zero-order valence-corrected chi connectivity index (χ0v) is 9.09. The molecule has 1 aliphatic heterocycles. The number of likely N-dealkylation sites (tertiary alicyclic amines) is 1. The summed E-state index contributed by atoms with van der Waals surface area (Å²) in [6.07, 6.45) is 5.21. The topological polar surface area (TPSA) is 66.3 Å². The van der Waals surface area contributed by atoms with Crippen molar-refractivity contribution in [3.8, 4) is 0 Å². The smallest absolute Gasteiger partial charge is 0.354 e. The SMILES string of the molecule is O=C(O)c1ccnc(CN2CCCCC2)n1. The summed E-state index contributed by atoms with van der Waals surface area (Å²) in [5, 5.41) is 8.81. The zero-order chi connectivity index (χ0) is 11.4. The predicted molar refractivity (Wildman–Crippen MR) is 58.1 cm³/mol. The molecule has 5 nitrogen and oxygen atoms in total. The van der Waals surface area contributed by atoms with Crippen LogP contribution in [0.4, 0.5) is 0 Å². The van der Waals surface area contributed by atoms with Crippen molar-refractivity contribution >= 4 is 5.97 Å². The molecule has 0 radical (unpaired) electrons. The molecule has 16 heavy (non-hydrogen) atoms. The number of hydrogen-bond acceptors (Lipinski definition) is 4. The van der Waals surface area contributed by atoms with Crippen molar-refractivity contribution in [2.45, 2.75) is 25.8 Å². The minimum Gasteiger partial charge on any atom is -0.477 e. The maximum atomic E-state index is 10.7. The maximum absolute atomic E-state index is 10.7. The van der Waals surface area contributed by atoms with Gasteiger partial charge in [-0.15, -0.1) is 0 Å². The van der Waals surface area contributed by atoms with Crippen LogP contribution in [0.25, 0.3) is 0 Å². The predicted octanol–water partition coefficient (Wildman–Crippen LogP) is 1.16. The fourth-order valence-corrected chi connectivity index (χ4v) is 1.91. The Morgan fingerprint density at radius 1 is 1.38 bits per heavy atom. The van der Waals surface area contributed by atoms with Crippen LogP contribution in [0.5, 0.6) is 0 Å². The third kappa shape index (κ3) is 2.76. The van der Waals surface area contributed by atoms with E-state index in [0.717, 1.165) is 13.1 Å². The Morgan fingerprint density at radius 3 is 2.81 bits per heavy atom. The number of aromatic nitrogens is 2. The number of aromatic carboxylic acids is 1. The van der Waals surface area contributed by atoms with Crippen LogP contribution in [-0.2, 0) is 6.54 Å². The second kappa shape index (κ2) is 5.03. The molecule has 1 fully saturated rings. The van der Waals surface area contributed by atoms with Crippen LogP contribution in [-0.4, -0.2) is 39.0 Å².